The second-order valence-corrected chi connectivity index (χ2v) is 6.55. The number of hydrogen-bond acceptors (Lipinski definition) is 2. The summed E-state index contributed by atoms with van der Waals surface area (Å²) < 4.78 is 0. The van der Waals surface area contributed by atoms with Crippen LogP contribution < -0.4 is 0 Å². The monoisotopic (exact) mass is 392 g/mol. The number of aromatic nitrogens is 1. The Kier molecular flexibility index (Phi) is 4.99. The van der Waals surface area contributed by atoms with E-state index in [4.69, 9.17) is 46.4 Å². The summed E-state index contributed by atoms with van der Waals surface area (Å²) in [5.74, 6) is 0. The van der Waals surface area contributed by atoms with Gasteiger partial charge in [-0.2, -0.15) is 5.26 Å². The first kappa shape index (κ1) is 17.1. The summed E-state index contributed by atoms with van der Waals surface area (Å²) in [6, 6.07) is 14.2. The Morgan fingerprint density at radius 1 is 0.792 bits per heavy atom. The average molecular weight is 394 g/mol. The molecular weight excluding hydrogens is 386 g/mol. The van der Waals surface area contributed by atoms with Crippen molar-refractivity contribution >= 4 is 46.4 Å². The molecule has 1 heterocycles. The summed E-state index contributed by atoms with van der Waals surface area (Å²) in [6.07, 6.45) is 1.60. The first-order valence-electron chi connectivity index (χ1n) is 6.82. The van der Waals surface area contributed by atoms with E-state index in [2.05, 4.69) is 11.1 Å². The van der Waals surface area contributed by atoms with Crippen LogP contribution in [0.15, 0.2) is 48.7 Å². The third kappa shape index (κ3) is 3.09. The highest BCUT2D eigenvalue weighted by Crippen LogP contribution is 2.39. The standard InChI is InChI=1S/C18H8Cl4N2/c19-12-3-1-4-13(20)16(12)11-7-10(8-23)18(24-9-11)17-14(21)5-2-6-15(17)22/h1-7,9H. The fourth-order valence-electron chi connectivity index (χ4n) is 2.38. The van der Waals surface area contributed by atoms with Crippen molar-refractivity contribution in [2.45, 2.75) is 0 Å². The predicted octanol–water partition coefficient (Wildman–Crippen LogP) is 6.90. The zero-order valence-electron chi connectivity index (χ0n) is 12.0. The molecule has 0 fully saturated rings. The molecule has 0 bridgehead atoms. The van der Waals surface area contributed by atoms with E-state index in [-0.39, 0.29) is 0 Å². The third-order valence-corrected chi connectivity index (χ3v) is 4.72. The molecule has 0 atom stereocenters. The second kappa shape index (κ2) is 7.01. The number of hydrogen-bond donors (Lipinski definition) is 0. The number of halogens is 4. The van der Waals surface area contributed by atoms with Crippen molar-refractivity contribution in [3.05, 3.63) is 74.3 Å². The summed E-state index contributed by atoms with van der Waals surface area (Å²) in [6.45, 7) is 0. The SMILES string of the molecule is N#Cc1cc(-c2c(Cl)cccc2Cl)cnc1-c1c(Cl)cccc1Cl. The molecule has 3 aromatic rings. The molecule has 118 valence electrons. The van der Waals surface area contributed by atoms with E-state index in [1.165, 1.54) is 0 Å². The van der Waals surface area contributed by atoms with Crippen molar-refractivity contribution in [1.82, 2.24) is 4.98 Å². The van der Waals surface area contributed by atoms with Crippen LogP contribution in [0.2, 0.25) is 20.1 Å². The van der Waals surface area contributed by atoms with E-state index >= 15 is 0 Å². The lowest BCUT2D eigenvalue weighted by atomic mass is 10.0. The maximum atomic E-state index is 9.53. The summed E-state index contributed by atoms with van der Waals surface area (Å²) in [5.41, 5.74) is 2.54. The van der Waals surface area contributed by atoms with Crippen LogP contribution in [0.1, 0.15) is 5.56 Å². The van der Waals surface area contributed by atoms with Crippen molar-refractivity contribution in [3.63, 3.8) is 0 Å². The van der Waals surface area contributed by atoms with Gasteiger partial charge in [0.05, 0.1) is 21.3 Å². The average Bonchev–Trinajstić information content (AvgIpc) is 2.55. The van der Waals surface area contributed by atoms with Gasteiger partial charge in [-0.25, -0.2) is 0 Å². The zero-order valence-corrected chi connectivity index (χ0v) is 15.0. The molecular formula is C18H8Cl4N2. The van der Waals surface area contributed by atoms with E-state index in [0.29, 0.717) is 48.0 Å². The molecule has 2 aromatic carbocycles. The van der Waals surface area contributed by atoms with Crippen molar-refractivity contribution in [3.8, 4) is 28.5 Å². The molecule has 0 aliphatic carbocycles. The second-order valence-electron chi connectivity index (χ2n) is 4.93. The van der Waals surface area contributed by atoms with Gasteiger partial charge in [-0.15, -0.1) is 0 Å². The van der Waals surface area contributed by atoms with Crippen molar-refractivity contribution < 1.29 is 0 Å². The molecule has 6 heteroatoms. The van der Waals surface area contributed by atoms with Crippen molar-refractivity contribution in [2.24, 2.45) is 0 Å². The van der Waals surface area contributed by atoms with Crippen molar-refractivity contribution in [1.29, 1.82) is 5.26 Å². The highest BCUT2D eigenvalue weighted by molar-refractivity contribution is 6.40. The largest absolute Gasteiger partial charge is 0.254 e. The summed E-state index contributed by atoms with van der Waals surface area (Å²) in [4.78, 5) is 4.39. The minimum Gasteiger partial charge on any atom is -0.254 e. The first-order valence-corrected chi connectivity index (χ1v) is 8.33. The molecule has 0 aliphatic rings. The zero-order chi connectivity index (χ0) is 17.3. The number of nitrogens with zero attached hydrogens (tertiary/aromatic N) is 2. The quantitative estimate of drug-likeness (QED) is 0.474. The van der Waals surface area contributed by atoms with Crippen LogP contribution >= 0.6 is 46.4 Å². The van der Waals surface area contributed by atoms with Crippen molar-refractivity contribution in [2.75, 3.05) is 0 Å². The predicted molar refractivity (Wildman–Crippen MR) is 99.9 cm³/mol. The Balaban J connectivity index is 2.23. The molecule has 0 saturated heterocycles. The Hall–Kier alpha value is -1.76. The van der Waals surface area contributed by atoms with Gasteiger partial charge in [0.25, 0.3) is 0 Å². The molecule has 24 heavy (non-hydrogen) atoms. The lowest BCUT2D eigenvalue weighted by Crippen LogP contribution is -1.93. The van der Waals surface area contributed by atoms with Gasteiger partial charge in [0.15, 0.2) is 0 Å². The van der Waals surface area contributed by atoms with Gasteiger partial charge in [0.2, 0.25) is 0 Å². The summed E-state index contributed by atoms with van der Waals surface area (Å²) in [7, 11) is 0. The molecule has 3 rings (SSSR count). The molecule has 0 N–H and O–H groups in total. The molecule has 0 saturated carbocycles. The van der Waals surface area contributed by atoms with Gasteiger partial charge in [0, 0.05) is 32.9 Å². The highest BCUT2D eigenvalue weighted by Gasteiger charge is 2.17. The molecule has 1 aromatic heterocycles. The Morgan fingerprint density at radius 2 is 1.29 bits per heavy atom. The Morgan fingerprint density at radius 3 is 1.79 bits per heavy atom. The van der Waals surface area contributed by atoms with Crippen LogP contribution in [0.5, 0.6) is 0 Å². The molecule has 2 nitrogen and oxygen atoms in total. The maximum absolute atomic E-state index is 9.53. The molecule has 0 radical (unpaired) electrons. The van der Waals surface area contributed by atoms with E-state index in [1.807, 2.05) is 0 Å². The lowest BCUT2D eigenvalue weighted by molar-refractivity contribution is 1.30. The lowest BCUT2D eigenvalue weighted by Gasteiger charge is -2.11. The number of rotatable bonds is 2. The molecule has 0 spiro atoms. The molecule has 0 aliphatic heterocycles. The topological polar surface area (TPSA) is 36.7 Å². The fourth-order valence-corrected chi connectivity index (χ4v) is 3.58. The van der Waals surface area contributed by atoms with Gasteiger partial charge in [-0.1, -0.05) is 58.5 Å². The van der Waals surface area contributed by atoms with E-state index < -0.39 is 0 Å². The van der Waals surface area contributed by atoms with Crippen LogP contribution in [0.4, 0.5) is 0 Å². The smallest absolute Gasteiger partial charge is 0.101 e. The van der Waals surface area contributed by atoms with E-state index in [1.54, 1.807) is 48.7 Å². The molecule has 0 amide bonds. The molecule has 0 unspecified atom stereocenters. The van der Waals surface area contributed by atoms with Crippen LogP contribution in [-0.4, -0.2) is 4.98 Å². The van der Waals surface area contributed by atoms with Crippen LogP contribution in [-0.2, 0) is 0 Å². The van der Waals surface area contributed by atoms with Gasteiger partial charge in [-0.05, 0) is 30.3 Å². The Bertz CT molecular complexity index is 937. The Labute approximate surface area is 159 Å². The van der Waals surface area contributed by atoms with Gasteiger partial charge < -0.3 is 0 Å². The van der Waals surface area contributed by atoms with Crippen LogP contribution in [0, 0.1) is 11.3 Å². The normalized spacial score (nSPS) is 10.5. The minimum atomic E-state index is 0.332. The number of nitriles is 1. The van der Waals surface area contributed by atoms with Crippen LogP contribution in [0.25, 0.3) is 22.4 Å². The van der Waals surface area contributed by atoms with E-state index in [9.17, 15) is 5.26 Å². The summed E-state index contributed by atoms with van der Waals surface area (Å²) >= 11 is 24.9. The van der Waals surface area contributed by atoms with E-state index in [0.717, 1.165) is 0 Å². The first-order chi connectivity index (χ1) is 11.5. The third-order valence-electron chi connectivity index (χ3n) is 3.46. The van der Waals surface area contributed by atoms with Gasteiger partial charge >= 0.3 is 0 Å². The minimum absolute atomic E-state index is 0.332. The highest BCUT2D eigenvalue weighted by atomic mass is 35.5. The van der Waals surface area contributed by atoms with Gasteiger partial charge in [-0.3, -0.25) is 4.98 Å². The summed E-state index contributed by atoms with van der Waals surface area (Å²) in [5, 5.41) is 11.3. The number of pyridine rings is 1. The number of benzene rings is 2. The van der Waals surface area contributed by atoms with Gasteiger partial charge in [0.1, 0.15) is 6.07 Å². The van der Waals surface area contributed by atoms with Crippen LogP contribution in [0.3, 0.4) is 0 Å². The fraction of sp³-hybridized carbons (Fsp3) is 0. The maximum Gasteiger partial charge on any atom is 0.101 e.